The Labute approximate surface area is 270 Å². The molecule has 5 aromatic rings. The third-order valence-corrected chi connectivity index (χ3v) is 8.01. The lowest BCUT2D eigenvalue weighted by Gasteiger charge is -2.11. The van der Waals surface area contributed by atoms with Crippen LogP contribution in [0.2, 0.25) is 20.1 Å². The van der Waals surface area contributed by atoms with E-state index in [9.17, 15) is 9.59 Å². The highest BCUT2D eigenvalue weighted by Crippen LogP contribution is 2.41. The number of nitrogens with zero attached hydrogens (tertiary/aromatic N) is 1. The summed E-state index contributed by atoms with van der Waals surface area (Å²) in [6, 6.07) is 20.1. The van der Waals surface area contributed by atoms with Crippen LogP contribution in [0.15, 0.2) is 86.8 Å². The van der Waals surface area contributed by atoms with Crippen molar-refractivity contribution in [2.24, 2.45) is 5.10 Å². The molecule has 1 aromatic heterocycles. The molecule has 2 N–H and O–H groups in total. The molecule has 0 saturated carbocycles. The quantitative estimate of drug-likeness (QED) is 0.0784. The Hall–Kier alpha value is -2.85. The van der Waals surface area contributed by atoms with Gasteiger partial charge in [0, 0.05) is 47.1 Å². The number of benzene rings is 4. The number of hydrogen-bond donors (Lipinski definition) is 2. The van der Waals surface area contributed by atoms with Gasteiger partial charge in [0.05, 0.1) is 21.3 Å². The lowest BCUT2D eigenvalue weighted by Crippen LogP contribution is -2.19. The molecule has 0 unspecified atom stereocenters. The Kier molecular flexibility index (Phi) is 9.09. The number of carbonyl (C=O) groups excluding carboxylic acids is 2. The molecule has 41 heavy (non-hydrogen) atoms. The number of carbonyl (C=O) groups is 2. The highest BCUT2D eigenvalue weighted by Gasteiger charge is 2.23. The van der Waals surface area contributed by atoms with Gasteiger partial charge >= 0.3 is 5.97 Å². The zero-order valence-electron chi connectivity index (χ0n) is 20.4. The monoisotopic (exact) mass is 751 g/mol. The minimum absolute atomic E-state index is 0.180. The molecule has 0 fully saturated rings. The first-order chi connectivity index (χ1) is 19.6. The number of aromatic nitrogens is 1. The Morgan fingerprint density at radius 3 is 2.34 bits per heavy atom. The predicted molar refractivity (Wildman–Crippen MR) is 172 cm³/mol. The molecule has 0 aliphatic carbocycles. The first-order valence-electron chi connectivity index (χ1n) is 11.7. The summed E-state index contributed by atoms with van der Waals surface area (Å²) in [6.07, 6.45) is 1.36. The molecule has 12 heteroatoms. The van der Waals surface area contributed by atoms with Crippen LogP contribution in [0.3, 0.4) is 0 Å². The molecule has 1 amide bonds. The van der Waals surface area contributed by atoms with E-state index in [0.717, 1.165) is 0 Å². The van der Waals surface area contributed by atoms with E-state index in [-0.39, 0.29) is 11.4 Å². The molecular weight excluding hydrogens is 740 g/mol. The summed E-state index contributed by atoms with van der Waals surface area (Å²) in [4.78, 5) is 29.3. The van der Waals surface area contributed by atoms with E-state index in [0.29, 0.717) is 62.2 Å². The molecule has 1 heterocycles. The fraction of sp³-hybridized carbons (Fsp3) is 0. The van der Waals surface area contributed by atoms with Crippen molar-refractivity contribution in [3.63, 3.8) is 0 Å². The van der Waals surface area contributed by atoms with Crippen molar-refractivity contribution in [3.05, 3.63) is 119 Å². The van der Waals surface area contributed by atoms with E-state index in [2.05, 4.69) is 47.4 Å². The van der Waals surface area contributed by atoms with Crippen molar-refractivity contribution in [2.75, 3.05) is 0 Å². The fourth-order valence-electron chi connectivity index (χ4n) is 4.09. The maximum Gasteiger partial charge on any atom is 0.343 e. The third-order valence-electron chi connectivity index (χ3n) is 5.87. The van der Waals surface area contributed by atoms with Crippen molar-refractivity contribution in [3.8, 4) is 16.9 Å². The van der Waals surface area contributed by atoms with E-state index in [1.807, 2.05) is 6.07 Å². The summed E-state index contributed by atoms with van der Waals surface area (Å²) in [5.74, 6) is -0.954. The normalized spacial score (nSPS) is 11.3. The van der Waals surface area contributed by atoms with Crippen LogP contribution < -0.4 is 10.2 Å². The molecule has 0 saturated heterocycles. The van der Waals surface area contributed by atoms with Gasteiger partial charge in [-0.15, -0.1) is 0 Å². The number of hydrazone groups is 1. The number of halogens is 6. The Morgan fingerprint density at radius 2 is 1.61 bits per heavy atom. The van der Waals surface area contributed by atoms with Crippen molar-refractivity contribution in [1.82, 2.24) is 10.4 Å². The molecule has 5 rings (SSSR count). The number of hydrogen-bond acceptors (Lipinski definition) is 4. The maximum atomic E-state index is 13.4. The number of H-pyrrole nitrogens is 1. The topological polar surface area (TPSA) is 83.5 Å². The van der Waals surface area contributed by atoms with Gasteiger partial charge in [-0.1, -0.05) is 80.5 Å². The van der Waals surface area contributed by atoms with Crippen LogP contribution in [0, 0.1) is 0 Å². The number of esters is 1. The van der Waals surface area contributed by atoms with E-state index >= 15 is 0 Å². The van der Waals surface area contributed by atoms with Gasteiger partial charge in [-0.3, -0.25) is 4.79 Å². The van der Waals surface area contributed by atoms with Crippen LogP contribution >= 0.6 is 78.3 Å². The second-order valence-electron chi connectivity index (χ2n) is 8.57. The second kappa shape index (κ2) is 12.6. The van der Waals surface area contributed by atoms with Gasteiger partial charge in [0.1, 0.15) is 5.69 Å². The summed E-state index contributed by atoms with van der Waals surface area (Å²) in [5.41, 5.74) is 5.08. The van der Waals surface area contributed by atoms with Crippen molar-refractivity contribution in [1.29, 1.82) is 0 Å². The average Bonchev–Trinajstić information content (AvgIpc) is 3.30. The van der Waals surface area contributed by atoms with Gasteiger partial charge in [0.15, 0.2) is 5.75 Å². The third kappa shape index (κ3) is 6.48. The highest BCUT2D eigenvalue weighted by atomic mass is 79.9. The fourth-order valence-corrected chi connectivity index (χ4v) is 6.37. The van der Waals surface area contributed by atoms with Gasteiger partial charge in [-0.2, -0.15) is 5.10 Å². The number of ether oxygens (including phenoxy) is 1. The van der Waals surface area contributed by atoms with Crippen LogP contribution in [0.1, 0.15) is 26.4 Å². The number of aromatic amines is 1. The summed E-state index contributed by atoms with van der Waals surface area (Å²) < 4.78 is 6.83. The van der Waals surface area contributed by atoms with Crippen LogP contribution in [-0.2, 0) is 0 Å². The van der Waals surface area contributed by atoms with Crippen molar-refractivity contribution in [2.45, 2.75) is 0 Å². The minimum Gasteiger partial charge on any atom is -0.421 e. The average molecular weight is 755 g/mol. The molecule has 0 aliphatic rings. The first kappa shape index (κ1) is 29.6. The zero-order valence-corrected chi connectivity index (χ0v) is 26.6. The van der Waals surface area contributed by atoms with E-state index in [4.69, 9.17) is 51.1 Å². The van der Waals surface area contributed by atoms with Gasteiger partial charge < -0.3 is 9.72 Å². The van der Waals surface area contributed by atoms with Crippen LogP contribution in [0.5, 0.6) is 5.75 Å². The Morgan fingerprint density at radius 1 is 0.878 bits per heavy atom. The van der Waals surface area contributed by atoms with Crippen LogP contribution in [-0.4, -0.2) is 23.1 Å². The molecule has 0 atom stereocenters. The molecule has 4 aromatic carbocycles. The first-order valence-corrected chi connectivity index (χ1v) is 14.8. The van der Waals surface area contributed by atoms with Gasteiger partial charge in [-0.05, 0) is 70.5 Å². The largest absolute Gasteiger partial charge is 0.421 e. The van der Waals surface area contributed by atoms with Crippen molar-refractivity contribution < 1.29 is 14.3 Å². The molecule has 0 bridgehead atoms. The van der Waals surface area contributed by atoms with Crippen molar-refractivity contribution >= 4 is 107 Å². The van der Waals surface area contributed by atoms with Gasteiger partial charge in [-0.25, -0.2) is 10.2 Å². The molecular formula is C29H15Br2Cl4N3O3. The molecule has 0 spiro atoms. The smallest absolute Gasteiger partial charge is 0.343 e. The van der Waals surface area contributed by atoms with Crippen LogP contribution in [0.4, 0.5) is 0 Å². The van der Waals surface area contributed by atoms with E-state index < -0.39 is 11.9 Å². The highest BCUT2D eigenvalue weighted by molar-refractivity contribution is 9.11. The SMILES string of the molecule is O=C(Oc1c(Br)cc(Br)cc1C=NNC(=O)c1[nH]c2cc(Cl)cc(Cl)c2c1-c1ccccc1Cl)c1ccc(Cl)cc1. The molecule has 0 radical (unpaired) electrons. The predicted octanol–water partition coefficient (Wildman–Crippen LogP) is 9.96. The molecule has 6 nitrogen and oxygen atoms in total. The number of fused-ring (bicyclic) bond motifs is 1. The maximum absolute atomic E-state index is 13.4. The van der Waals surface area contributed by atoms with Gasteiger partial charge in [0.25, 0.3) is 5.91 Å². The molecule has 206 valence electrons. The van der Waals surface area contributed by atoms with Gasteiger partial charge in [0.2, 0.25) is 0 Å². The summed E-state index contributed by atoms with van der Waals surface area (Å²) in [5, 5.41) is 6.41. The second-order valence-corrected chi connectivity index (χ2v) is 12.0. The van der Waals surface area contributed by atoms with Crippen LogP contribution in [0.25, 0.3) is 22.0 Å². The van der Waals surface area contributed by atoms with E-state index in [1.165, 1.54) is 6.21 Å². The lowest BCUT2D eigenvalue weighted by molar-refractivity contribution is 0.0733. The number of rotatable bonds is 6. The Balaban J connectivity index is 1.47. The summed E-state index contributed by atoms with van der Waals surface area (Å²) in [6.45, 7) is 0. The van der Waals surface area contributed by atoms with E-state index in [1.54, 1.807) is 66.7 Å². The number of amides is 1. The minimum atomic E-state index is -0.596. The lowest BCUT2D eigenvalue weighted by atomic mass is 10.0. The zero-order chi connectivity index (χ0) is 29.3. The summed E-state index contributed by atoms with van der Waals surface area (Å²) >= 11 is 32.0. The Bertz CT molecular complexity index is 1860. The standard InChI is InChI=1S/C29H15Br2Cl4N3O3/c30-16-9-15(27(20(31)10-16)41-29(40)14-5-7-17(32)8-6-14)13-36-38-28(39)26-24(19-3-1-2-4-21(19)34)25-22(35)11-18(33)12-23(25)37-26/h1-13,37H,(H,38,39). The number of nitrogens with one attached hydrogen (secondary N) is 2. The molecule has 0 aliphatic heterocycles. The summed E-state index contributed by atoms with van der Waals surface area (Å²) in [7, 11) is 0.